The van der Waals surface area contributed by atoms with Crippen molar-refractivity contribution in [2.75, 3.05) is 0 Å². The van der Waals surface area contributed by atoms with Gasteiger partial charge >= 0.3 is 0 Å². The van der Waals surface area contributed by atoms with Crippen molar-refractivity contribution in [2.24, 2.45) is 34.5 Å². The van der Waals surface area contributed by atoms with Gasteiger partial charge in [-0.25, -0.2) is 0 Å². The zero-order chi connectivity index (χ0) is 17.9. The Labute approximate surface area is 159 Å². The van der Waals surface area contributed by atoms with Crippen molar-refractivity contribution in [2.45, 2.75) is 83.7 Å². The molecule has 4 aliphatic rings. The molecule has 5 rings (SSSR count). The maximum atomic E-state index is 10.2. The highest BCUT2D eigenvalue weighted by molar-refractivity contribution is 5.23. The molecular formula is C25H36O. The van der Waals surface area contributed by atoms with Crippen LogP contribution < -0.4 is 0 Å². The minimum absolute atomic E-state index is 0.0209. The zero-order valence-electron chi connectivity index (χ0n) is 16.7. The SMILES string of the molecule is C[C@]12CC[C@H]3[C@@H](CCC4C[C@@H](O)CC[C@@]43C)[C@@H]1CC(c1ccccc1)C2. The Morgan fingerprint density at radius 1 is 0.885 bits per heavy atom. The third kappa shape index (κ3) is 2.53. The van der Waals surface area contributed by atoms with Gasteiger partial charge in [-0.2, -0.15) is 0 Å². The highest BCUT2D eigenvalue weighted by atomic mass is 16.3. The molecule has 8 atom stereocenters. The first-order valence-corrected chi connectivity index (χ1v) is 11.2. The Morgan fingerprint density at radius 2 is 1.69 bits per heavy atom. The first kappa shape index (κ1) is 17.3. The number of aliphatic hydroxyl groups excluding tert-OH is 1. The predicted octanol–water partition coefficient (Wildman–Crippen LogP) is 6.17. The lowest BCUT2D eigenvalue weighted by molar-refractivity contribution is -0.120. The minimum Gasteiger partial charge on any atom is -0.393 e. The van der Waals surface area contributed by atoms with Crippen molar-refractivity contribution in [3.8, 4) is 0 Å². The fourth-order valence-corrected chi connectivity index (χ4v) is 8.27. The summed E-state index contributed by atoms with van der Waals surface area (Å²) in [4.78, 5) is 0. The van der Waals surface area contributed by atoms with Crippen LogP contribution in [0.2, 0.25) is 0 Å². The summed E-state index contributed by atoms with van der Waals surface area (Å²) in [6.45, 7) is 5.22. The average Bonchev–Trinajstić information content (AvgIpc) is 3.01. The minimum atomic E-state index is -0.0209. The Hall–Kier alpha value is -0.820. The highest BCUT2D eigenvalue weighted by Crippen LogP contribution is 2.67. The van der Waals surface area contributed by atoms with E-state index < -0.39 is 0 Å². The van der Waals surface area contributed by atoms with Gasteiger partial charge in [-0.1, -0.05) is 44.2 Å². The number of aliphatic hydroxyl groups is 1. The summed E-state index contributed by atoms with van der Waals surface area (Å²) >= 11 is 0. The number of benzene rings is 1. The van der Waals surface area contributed by atoms with E-state index in [0.29, 0.717) is 10.8 Å². The molecule has 4 saturated carbocycles. The van der Waals surface area contributed by atoms with E-state index in [2.05, 4.69) is 44.2 Å². The molecule has 0 saturated heterocycles. The summed E-state index contributed by atoms with van der Waals surface area (Å²) in [5.41, 5.74) is 2.66. The molecule has 0 heterocycles. The third-order valence-corrected chi connectivity index (χ3v) is 9.68. The molecule has 1 heteroatoms. The van der Waals surface area contributed by atoms with Crippen LogP contribution in [0.25, 0.3) is 0 Å². The molecule has 4 aliphatic carbocycles. The van der Waals surface area contributed by atoms with E-state index >= 15 is 0 Å². The summed E-state index contributed by atoms with van der Waals surface area (Å²) < 4.78 is 0. The fourth-order valence-electron chi connectivity index (χ4n) is 8.27. The van der Waals surface area contributed by atoms with Gasteiger partial charge in [0.2, 0.25) is 0 Å². The lowest BCUT2D eigenvalue weighted by Crippen LogP contribution is -2.53. The van der Waals surface area contributed by atoms with Crippen molar-refractivity contribution in [3.05, 3.63) is 35.9 Å². The van der Waals surface area contributed by atoms with Crippen LogP contribution in [0.3, 0.4) is 0 Å². The summed E-state index contributed by atoms with van der Waals surface area (Å²) in [6.07, 6.45) is 11.9. The van der Waals surface area contributed by atoms with E-state index in [1.807, 2.05) is 0 Å². The quantitative estimate of drug-likeness (QED) is 0.640. The Kier molecular flexibility index (Phi) is 4.05. The van der Waals surface area contributed by atoms with Crippen LogP contribution in [0.4, 0.5) is 0 Å². The second-order valence-corrected chi connectivity index (χ2v) is 10.8. The van der Waals surface area contributed by atoms with E-state index in [0.717, 1.165) is 42.4 Å². The molecule has 0 amide bonds. The van der Waals surface area contributed by atoms with Crippen molar-refractivity contribution >= 4 is 0 Å². The topological polar surface area (TPSA) is 20.2 Å². The molecule has 1 N–H and O–H groups in total. The van der Waals surface area contributed by atoms with Crippen LogP contribution in [0.15, 0.2) is 30.3 Å². The molecule has 26 heavy (non-hydrogen) atoms. The molecule has 2 unspecified atom stereocenters. The van der Waals surface area contributed by atoms with Gasteiger partial charge in [0.05, 0.1) is 6.10 Å². The van der Waals surface area contributed by atoms with Gasteiger partial charge in [0.15, 0.2) is 0 Å². The molecule has 142 valence electrons. The normalized spacial score (nSPS) is 50.6. The molecule has 0 aliphatic heterocycles. The highest BCUT2D eigenvalue weighted by Gasteiger charge is 2.59. The second kappa shape index (κ2) is 6.09. The van der Waals surface area contributed by atoms with Crippen molar-refractivity contribution in [1.29, 1.82) is 0 Å². The molecule has 1 nitrogen and oxygen atoms in total. The van der Waals surface area contributed by atoms with Crippen LogP contribution in [-0.4, -0.2) is 11.2 Å². The Morgan fingerprint density at radius 3 is 2.50 bits per heavy atom. The summed E-state index contributed by atoms with van der Waals surface area (Å²) in [5.74, 6) is 4.35. The first-order chi connectivity index (χ1) is 12.5. The Balaban J connectivity index is 1.41. The summed E-state index contributed by atoms with van der Waals surface area (Å²) in [5, 5.41) is 10.2. The predicted molar refractivity (Wildman–Crippen MR) is 107 cm³/mol. The van der Waals surface area contributed by atoms with E-state index in [1.54, 1.807) is 5.56 Å². The summed E-state index contributed by atoms with van der Waals surface area (Å²) in [6, 6.07) is 11.3. The van der Waals surface area contributed by atoms with Crippen molar-refractivity contribution in [1.82, 2.24) is 0 Å². The van der Waals surface area contributed by atoms with E-state index in [1.165, 1.54) is 44.9 Å². The largest absolute Gasteiger partial charge is 0.393 e. The number of hydrogen-bond donors (Lipinski definition) is 1. The van der Waals surface area contributed by atoms with Crippen LogP contribution in [-0.2, 0) is 0 Å². The molecule has 1 aromatic carbocycles. The lowest BCUT2D eigenvalue weighted by Gasteiger charge is -2.60. The molecule has 0 bridgehead atoms. The molecular weight excluding hydrogens is 316 g/mol. The zero-order valence-corrected chi connectivity index (χ0v) is 16.7. The first-order valence-electron chi connectivity index (χ1n) is 11.2. The van der Waals surface area contributed by atoms with E-state index in [-0.39, 0.29) is 6.10 Å². The van der Waals surface area contributed by atoms with Crippen LogP contribution in [0.5, 0.6) is 0 Å². The third-order valence-electron chi connectivity index (χ3n) is 9.68. The van der Waals surface area contributed by atoms with Crippen molar-refractivity contribution < 1.29 is 5.11 Å². The molecule has 0 aromatic heterocycles. The maximum Gasteiger partial charge on any atom is 0.0543 e. The maximum absolute atomic E-state index is 10.2. The number of hydrogen-bond acceptors (Lipinski definition) is 1. The van der Waals surface area contributed by atoms with Gasteiger partial charge in [-0.3, -0.25) is 0 Å². The molecule has 4 fully saturated rings. The van der Waals surface area contributed by atoms with Gasteiger partial charge < -0.3 is 5.11 Å². The summed E-state index contributed by atoms with van der Waals surface area (Å²) in [7, 11) is 0. The smallest absolute Gasteiger partial charge is 0.0543 e. The van der Waals surface area contributed by atoms with Crippen LogP contribution >= 0.6 is 0 Å². The lowest BCUT2D eigenvalue weighted by atomic mass is 9.45. The second-order valence-electron chi connectivity index (χ2n) is 10.8. The van der Waals surface area contributed by atoms with E-state index in [9.17, 15) is 5.11 Å². The average molecular weight is 353 g/mol. The van der Waals surface area contributed by atoms with Gasteiger partial charge in [-0.15, -0.1) is 0 Å². The van der Waals surface area contributed by atoms with Crippen molar-refractivity contribution in [3.63, 3.8) is 0 Å². The van der Waals surface area contributed by atoms with Gasteiger partial charge in [0, 0.05) is 0 Å². The number of fused-ring (bicyclic) bond motifs is 5. The monoisotopic (exact) mass is 352 g/mol. The fraction of sp³-hybridized carbons (Fsp3) is 0.760. The van der Waals surface area contributed by atoms with E-state index in [4.69, 9.17) is 0 Å². The number of rotatable bonds is 1. The molecule has 0 radical (unpaired) electrons. The van der Waals surface area contributed by atoms with Crippen LogP contribution in [0, 0.1) is 34.5 Å². The van der Waals surface area contributed by atoms with Crippen LogP contribution in [0.1, 0.15) is 83.1 Å². The van der Waals surface area contributed by atoms with Gasteiger partial charge in [-0.05, 0) is 104 Å². The molecule has 1 aromatic rings. The molecule has 0 spiro atoms. The standard InChI is InChI=1S/C25H36O/c1-24-12-11-22-21(9-8-19-15-20(26)10-13-25(19,22)2)23(24)14-18(16-24)17-6-4-3-5-7-17/h3-7,18-23,26H,8-16H2,1-2H3/t18?,19?,20-,21+,22-,23-,24+,25-/m0/s1. The van der Waals surface area contributed by atoms with Gasteiger partial charge in [0.1, 0.15) is 0 Å². The Bertz CT molecular complexity index is 653. The van der Waals surface area contributed by atoms with Gasteiger partial charge in [0.25, 0.3) is 0 Å².